The van der Waals surface area contributed by atoms with Gasteiger partial charge in [-0.1, -0.05) is 19.9 Å². The van der Waals surface area contributed by atoms with Gasteiger partial charge in [0.2, 0.25) is 0 Å². The highest BCUT2D eigenvalue weighted by Gasteiger charge is 2.20. The summed E-state index contributed by atoms with van der Waals surface area (Å²) in [6, 6.07) is 5.28. The highest BCUT2D eigenvalue weighted by atomic mass is 35.5. The number of rotatable bonds is 6. The summed E-state index contributed by atoms with van der Waals surface area (Å²) in [5, 5.41) is 0. The third-order valence-electron chi connectivity index (χ3n) is 3.18. The Morgan fingerprint density at radius 2 is 1.95 bits per heavy atom. The molecule has 0 radical (unpaired) electrons. The number of benzene rings is 1. The summed E-state index contributed by atoms with van der Waals surface area (Å²) in [6.45, 7) is 6.87. The number of ether oxygens (including phenoxy) is 1. The van der Waals surface area contributed by atoms with Gasteiger partial charge < -0.3 is 15.4 Å². The number of nitrogens with zero attached hydrogens (tertiary/aromatic N) is 1. The predicted octanol–water partition coefficient (Wildman–Crippen LogP) is 2.66. The Kier molecular flexibility index (Phi) is 8.56. The Balaban J connectivity index is 0.00000441. The van der Waals surface area contributed by atoms with E-state index < -0.39 is 0 Å². The first kappa shape index (κ1) is 20.2. The van der Waals surface area contributed by atoms with E-state index in [1.165, 1.54) is 7.11 Å². The SMILES string of the molecule is COC(=O)CCN(CC(C)C)C(=O)c1cc(N)ccc1C.Cl. The van der Waals surface area contributed by atoms with E-state index in [0.717, 1.165) is 5.56 Å². The van der Waals surface area contributed by atoms with Gasteiger partial charge in [0.05, 0.1) is 13.5 Å². The third kappa shape index (κ3) is 5.93. The molecule has 0 spiro atoms. The number of hydrogen-bond acceptors (Lipinski definition) is 4. The zero-order chi connectivity index (χ0) is 16.0. The lowest BCUT2D eigenvalue weighted by molar-refractivity contribution is -0.140. The van der Waals surface area contributed by atoms with Crippen molar-refractivity contribution in [3.05, 3.63) is 29.3 Å². The number of nitrogens with two attached hydrogens (primary N) is 1. The second-order valence-corrected chi connectivity index (χ2v) is 5.55. The maximum atomic E-state index is 12.7. The number of amides is 1. The minimum atomic E-state index is -0.319. The van der Waals surface area contributed by atoms with Gasteiger partial charge in [0, 0.05) is 24.3 Å². The summed E-state index contributed by atoms with van der Waals surface area (Å²) in [5.74, 6) is -0.105. The Bertz CT molecular complexity index is 518. The smallest absolute Gasteiger partial charge is 0.307 e. The highest BCUT2D eigenvalue weighted by molar-refractivity contribution is 5.96. The van der Waals surface area contributed by atoms with E-state index in [1.54, 1.807) is 17.0 Å². The zero-order valence-electron chi connectivity index (χ0n) is 13.6. The molecular weight excluding hydrogens is 304 g/mol. The van der Waals surface area contributed by atoms with Gasteiger partial charge in [0.1, 0.15) is 0 Å². The summed E-state index contributed by atoms with van der Waals surface area (Å²) in [7, 11) is 1.35. The summed E-state index contributed by atoms with van der Waals surface area (Å²) in [6.07, 6.45) is 0.191. The van der Waals surface area contributed by atoms with Gasteiger partial charge in [-0.3, -0.25) is 9.59 Å². The lowest BCUT2D eigenvalue weighted by Gasteiger charge is -2.25. The van der Waals surface area contributed by atoms with Crippen LogP contribution < -0.4 is 5.73 Å². The Hall–Kier alpha value is -1.75. The molecule has 0 saturated carbocycles. The molecule has 1 rings (SSSR count). The number of methoxy groups -OCH3 is 1. The zero-order valence-corrected chi connectivity index (χ0v) is 14.4. The second kappa shape index (κ2) is 9.30. The molecular formula is C16H25ClN2O3. The van der Waals surface area contributed by atoms with Crippen LogP contribution >= 0.6 is 12.4 Å². The summed E-state index contributed by atoms with van der Waals surface area (Å²) < 4.78 is 4.64. The van der Waals surface area contributed by atoms with Crippen LogP contribution in [0.5, 0.6) is 0 Å². The molecule has 0 aliphatic heterocycles. The molecule has 124 valence electrons. The lowest BCUT2D eigenvalue weighted by atomic mass is 10.1. The van der Waals surface area contributed by atoms with E-state index in [-0.39, 0.29) is 30.7 Å². The molecule has 6 heteroatoms. The molecule has 1 amide bonds. The first-order valence-electron chi connectivity index (χ1n) is 7.07. The fourth-order valence-electron chi connectivity index (χ4n) is 2.09. The van der Waals surface area contributed by atoms with Crippen molar-refractivity contribution in [2.24, 2.45) is 5.92 Å². The number of nitrogen functional groups attached to an aromatic ring is 1. The fourth-order valence-corrected chi connectivity index (χ4v) is 2.09. The molecule has 0 aromatic heterocycles. The molecule has 0 bridgehead atoms. The van der Waals surface area contributed by atoms with Crippen LogP contribution in [0.15, 0.2) is 18.2 Å². The predicted molar refractivity (Wildman–Crippen MR) is 90.2 cm³/mol. The van der Waals surface area contributed by atoms with Gasteiger partial charge in [-0.25, -0.2) is 0 Å². The van der Waals surface area contributed by atoms with Gasteiger partial charge in [-0.15, -0.1) is 12.4 Å². The van der Waals surface area contributed by atoms with Crippen LogP contribution in [0, 0.1) is 12.8 Å². The maximum Gasteiger partial charge on any atom is 0.307 e. The van der Waals surface area contributed by atoms with Gasteiger partial charge >= 0.3 is 5.97 Å². The van der Waals surface area contributed by atoms with Crippen molar-refractivity contribution in [3.8, 4) is 0 Å². The third-order valence-corrected chi connectivity index (χ3v) is 3.18. The quantitative estimate of drug-likeness (QED) is 0.643. The van der Waals surface area contributed by atoms with Crippen LogP contribution in [0.2, 0.25) is 0 Å². The molecule has 0 saturated heterocycles. The van der Waals surface area contributed by atoms with Gasteiger partial charge in [-0.2, -0.15) is 0 Å². The van der Waals surface area contributed by atoms with E-state index in [4.69, 9.17) is 5.73 Å². The molecule has 0 aliphatic carbocycles. The molecule has 0 atom stereocenters. The standard InChI is InChI=1S/C16H24N2O3.ClH/c1-11(2)10-18(8-7-15(19)21-4)16(20)14-9-13(17)6-5-12(14)3;/h5-6,9,11H,7-8,10,17H2,1-4H3;1H. The maximum absolute atomic E-state index is 12.7. The number of anilines is 1. The monoisotopic (exact) mass is 328 g/mol. The number of aryl methyl sites for hydroxylation is 1. The molecule has 0 fully saturated rings. The van der Waals surface area contributed by atoms with E-state index in [1.807, 2.05) is 26.8 Å². The summed E-state index contributed by atoms with van der Waals surface area (Å²) >= 11 is 0. The molecule has 0 heterocycles. The number of halogens is 1. The van der Waals surface area contributed by atoms with Crippen molar-refractivity contribution < 1.29 is 14.3 Å². The summed E-state index contributed by atoms with van der Waals surface area (Å²) in [5.41, 5.74) is 7.78. The van der Waals surface area contributed by atoms with Crippen LogP contribution in [0.25, 0.3) is 0 Å². The van der Waals surface area contributed by atoms with Gasteiger partial charge in [-0.05, 0) is 30.5 Å². The van der Waals surface area contributed by atoms with Crippen molar-refractivity contribution in [3.63, 3.8) is 0 Å². The number of carbonyl (C=O) groups is 2. The first-order valence-corrected chi connectivity index (χ1v) is 7.07. The number of hydrogen-bond donors (Lipinski definition) is 1. The Labute approximate surface area is 138 Å². The van der Waals surface area contributed by atoms with Crippen LogP contribution in [-0.4, -0.2) is 37.0 Å². The average molecular weight is 329 g/mol. The van der Waals surface area contributed by atoms with Crippen LogP contribution in [0.1, 0.15) is 36.2 Å². The van der Waals surface area contributed by atoms with Crippen LogP contribution in [0.4, 0.5) is 5.69 Å². The first-order chi connectivity index (χ1) is 9.85. The van der Waals surface area contributed by atoms with Gasteiger partial charge in [0.15, 0.2) is 0 Å². The lowest BCUT2D eigenvalue weighted by Crippen LogP contribution is -2.36. The van der Waals surface area contributed by atoms with Gasteiger partial charge in [0.25, 0.3) is 5.91 Å². The second-order valence-electron chi connectivity index (χ2n) is 5.55. The molecule has 1 aromatic rings. The van der Waals surface area contributed by atoms with E-state index in [2.05, 4.69) is 4.74 Å². The van der Waals surface area contributed by atoms with E-state index in [9.17, 15) is 9.59 Å². The van der Waals surface area contributed by atoms with Crippen LogP contribution in [-0.2, 0) is 9.53 Å². The Morgan fingerprint density at radius 3 is 2.50 bits per heavy atom. The molecule has 2 N–H and O–H groups in total. The Morgan fingerprint density at radius 1 is 1.32 bits per heavy atom. The molecule has 0 unspecified atom stereocenters. The van der Waals surface area contributed by atoms with E-state index >= 15 is 0 Å². The van der Waals surface area contributed by atoms with Crippen molar-refractivity contribution in [2.45, 2.75) is 27.2 Å². The molecule has 22 heavy (non-hydrogen) atoms. The largest absolute Gasteiger partial charge is 0.469 e. The van der Waals surface area contributed by atoms with Crippen molar-refractivity contribution in [1.82, 2.24) is 4.90 Å². The minimum Gasteiger partial charge on any atom is -0.469 e. The van der Waals surface area contributed by atoms with Crippen molar-refractivity contribution in [2.75, 3.05) is 25.9 Å². The topological polar surface area (TPSA) is 72.6 Å². The molecule has 0 aliphatic rings. The molecule has 1 aromatic carbocycles. The summed E-state index contributed by atoms with van der Waals surface area (Å²) in [4.78, 5) is 25.7. The average Bonchev–Trinajstić information content (AvgIpc) is 2.44. The van der Waals surface area contributed by atoms with Crippen molar-refractivity contribution >= 4 is 30.0 Å². The normalized spacial score (nSPS) is 10.0. The minimum absolute atomic E-state index is 0. The molecule has 5 nitrogen and oxygen atoms in total. The number of carbonyl (C=O) groups excluding carboxylic acids is 2. The van der Waals surface area contributed by atoms with E-state index in [0.29, 0.717) is 30.3 Å². The van der Waals surface area contributed by atoms with Crippen molar-refractivity contribution in [1.29, 1.82) is 0 Å². The number of esters is 1. The highest BCUT2D eigenvalue weighted by Crippen LogP contribution is 2.16. The fraction of sp³-hybridized carbons (Fsp3) is 0.500. The van der Waals surface area contributed by atoms with Crippen LogP contribution in [0.3, 0.4) is 0 Å².